The number of alkyl halides is 4. The first kappa shape index (κ1) is 14.3. The fraction of sp³-hybridized carbons (Fsp3) is 0.417. The highest BCUT2D eigenvalue weighted by atomic mass is 79.9. The van der Waals surface area contributed by atoms with Crippen LogP contribution in [-0.2, 0) is 11.0 Å². The van der Waals surface area contributed by atoms with E-state index in [1.165, 1.54) is 11.0 Å². The molecule has 2 rings (SSSR count). The summed E-state index contributed by atoms with van der Waals surface area (Å²) in [7, 11) is 0. The Labute approximate surface area is 115 Å². The van der Waals surface area contributed by atoms with E-state index in [1.807, 2.05) is 0 Å². The summed E-state index contributed by atoms with van der Waals surface area (Å²) in [5, 5.41) is 0.600. The van der Waals surface area contributed by atoms with Gasteiger partial charge in [-0.2, -0.15) is 13.2 Å². The maximum atomic E-state index is 13.2. The molecule has 0 bridgehead atoms. The molecule has 1 heterocycles. The van der Waals surface area contributed by atoms with Crippen molar-refractivity contribution in [2.24, 2.45) is 5.92 Å². The second-order valence-corrected chi connectivity index (χ2v) is 5.04. The third-order valence-electron chi connectivity index (χ3n) is 2.99. The molecule has 104 valence electrons. The van der Waals surface area contributed by atoms with Crippen LogP contribution in [0.1, 0.15) is 12.0 Å². The number of halogens is 5. The van der Waals surface area contributed by atoms with Crippen LogP contribution in [-0.4, -0.2) is 17.8 Å². The third kappa shape index (κ3) is 2.91. The van der Waals surface area contributed by atoms with Crippen molar-refractivity contribution in [2.75, 3.05) is 16.8 Å². The van der Waals surface area contributed by atoms with Crippen molar-refractivity contribution in [1.82, 2.24) is 0 Å². The van der Waals surface area contributed by atoms with Crippen LogP contribution in [0.4, 0.5) is 23.2 Å². The molecule has 1 atom stereocenters. The van der Waals surface area contributed by atoms with Gasteiger partial charge in [0.05, 0.1) is 5.56 Å². The molecule has 0 saturated carbocycles. The van der Waals surface area contributed by atoms with E-state index in [4.69, 9.17) is 0 Å². The molecule has 0 spiro atoms. The molecular weight excluding hydrogens is 330 g/mol. The zero-order valence-electron chi connectivity index (χ0n) is 9.68. The van der Waals surface area contributed by atoms with Crippen LogP contribution in [0.15, 0.2) is 18.2 Å². The predicted molar refractivity (Wildman–Crippen MR) is 65.7 cm³/mol. The van der Waals surface area contributed by atoms with Gasteiger partial charge < -0.3 is 4.90 Å². The van der Waals surface area contributed by atoms with Crippen LogP contribution in [0.2, 0.25) is 0 Å². The van der Waals surface area contributed by atoms with Gasteiger partial charge in [0, 0.05) is 24.0 Å². The molecule has 19 heavy (non-hydrogen) atoms. The van der Waals surface area contributed by atoms with E-state index < -0.39 is 17.6 Å². The molecule has 0 aromatic heterocycles. The number of carbonyl (C=O) groups is 1. The topological polar surface area (TPSA) is 20.3 Å². The Balaban J connectivity index is 2.34. The summed E-state index contributed by atoms with van der Waals surface area (Å²) in [6, 6.07) is 2.62. The van der Waals surface area contributed by atoms with E-state index in [0.29, 0.717) is 17.9 Å². The minimum absolute atomic E-state index is 0.0619. The highest BCUT2D eigenvalue weighted by molar-refractivity contribution is 9.09. The fourth-order valence-electron chi connectivity index (χ4n) is 2.03. The molecule has 1 unspecified atom stereocenters. The Bertz CT molecular complexity index is 503. The number of carbonyl (C=O) groups excluding carboxylic acids is 1. The van der Waals surface area contributed by atoms with Gasteiger partial charge in [-0.25, -0.2) is 4.39 Å². The van der Waals surface area contributed by atoms with Crippen LogP contribution in [0, 0.1) is 11.7 Å². The Morgan fingerprint density at radius 1 is 1.37 bits per heavy atom. The van der Waals surface area contributed by atoms with Gasteiger partial charge in [0.2, 0.25) is 5.91 Å². The van der Waals surface area contributed by atoms with Gasteiger partial charge in [0.15, 0.2) is 0 Å². The van der Waals surface area contributed by atoms with E-state index in [2.05, 4.69) is 15.9 Å². The molecule has 1 amide bonds. The lowest BCUT2D eigenvalue weighted by molar-refractivity contribution is -0.140. The van der Waals surface area contributed by atoms with Crippen LogP contribution in [0.5, 0.6) is 0 Å². The Hall–Kier alpha value is -1.11. The van der Waals surface area contributed by atoms with E-state index in [0.717, 1.165) is 6.07 Å². The zero-order chi connectivity index (χ0) is 14.2. The number of rotatable bonds is 2. The van der Waals surface area contributed by atoms with Crippen LogP contribution in [0.3, 0.4) is 0 Å². The van der Waals surface area contributed by atoms with Crippen LogP contribution in [0.25, 0.3) is 0 Å². The summed E-state index contributed by atoms with van der Waals surface area (Å²) in [6.07, 6.45) is -4.48. The summed E-state index contributed by atoms with van der Waals surface area (Å²) in [5.41, 5.74) is -1.26. The lowest BCUT2D eigenvalue weighted by Crippen LogP contribution is -2.25. The number of anilines is 1. The predicted octanol–water partition coefficient (Wildman–Crippen LogP) is 3.59. The minimum atomic E-state index is -4.77. The second-order valence-electron chi connectivity index (χ2n) is 4.39. The SMILES string of the molecule is O=C1CC(CBr)CN1c1ccc(F)c(C(F)(F)F)c1. The molecule has 1 fully saturated rings. The first-order valence-electron chi connectivity index (χ1n) is 5.56. The van der Waals surface area contributed by atoms with Gasteiger partial charge in [0.1, 0.15) is 5.82 Å². The molecule has 7 heteroatoms. The van der Waals surface area contributed by atoms with Crippen molar-refractivity contribution in [3.05, 3.63) is 29.6 Å². The summed E-state index contributed by atoms with van der Waals surface area (Å²) in [5.74, 6) is -1.52. The summed E-state index contributed by atoms with van der Waals surface area (Å²) in [6.45, 7) is 0.340. The smallest absolute Gasteiger partial charge is 0.312 e. The van der Waals surface area contributed by atoms with E-state index >= 15 is 0 Å². The Kier molecular flexibility index (Phi) is 3.85. The van der Waals surface area contributed by atoms with Crippen molar-refractivity contribution in [3.8, 4) is 0 Å². The highest BCUT2D eigenvalue weighted by Crippen LogP contribution is 2.35. The fourth-order valence-corrected chi connectivity index (χ4v) is 2.47. The number of hydrogen-bond acceptors (Lipinski definition) is 1. The van der Waals surface area contributed by atoms with E-state index in [1.54, 1.807) is 0 Å². The standard InChI is InChI=1S/C12H10BrF4NO/c13-5-7-3-11(19)18(6-7)8-1-2-10(14)9(4-8)12(15,16)17/h1-2,4,7H,3,5-6H2. The molecule has 1 aromatic rings. The normalized spacial score (nSPS) is 20.2. The van der Waals surface area contributed by atoms with E-state index in [9.17, 15) is 22.4 Å². The van der Waals surface area contributed by atoms with E-state index in [-0.39, 0.29) is 23.9 Å². The first-order chi connectivity index (χ1) is 8.82. The van der Waals surface area contributed by atoms with Crippen molar-refractivity contribution in [2.45, 2.75) is 12.6 Å². The summed E-state index contributed by atoms with van der Waals surface area (Å²) >= 11 is 3.24. The number of amides is 1. The van der Waals surface area contributed by atoms with Gasteiger partial charge in [-0.1, -0.05) is 15.9 Å². The average molecular weight is 340 g/mol. The third-order valence-corrected chi connectivity index (χ3v) is 3.91. The van der Waals surface area contributed by atoms with Crippen LogP contribution < -0.4 is 4.90 Å². The molecule has 1 saturated heterocycles. The van der Waals surface area contributed by atoms with Gasteiger partial charge in [-0.3, -0.25) is 4.79 Å². The first-order valence-corrected chi connectivity index (χ1v) is 6.68. The molecule has 1 aromatic carbocycles. The maximum Gasteiger partial charge on any atom is 0.419 e. The van der Waals surface area contributed by atoms with Gasteiger partial charge in [-0.05, 0) is 24.1 Å². The van der Waals surface area contributed by atoms with Gasteiger partial charge in [-0.15, -0.1) is 0 Å². The van der Waals surface area contributed by atoms with Crippen molar-refractivity contribution in [3.63, 3.8) is 0 Å². The minimum Gasteiger partial charge on any atom is -0.312 e. The molecule has 2 nitrogen and oxygen atoms in total. The Morgan fingerprint density at radius 2 is 2.05 bits per heavy atom. The van der Waals surface area contributed by atoms with Crippen molar-refractivity contribution in [1.29, 1.82) is 0 Å². The van der Waals surface area contributed by atoms with Gasteiger partial charge in [0.25, 0.3) is 0 Å². The molecule has 1 aliphatic heterocycles. The number of benzene rings is 1. The summed E-state index contributed by atoms with van der Waals surface area (Å²) in [4.78, 5) is 13.0. The molecule has 0 aliphatic carbocycles. The van der Waals surface area contributed by atoms with Crippen LogP contribution >= 0.6 is 15.9 Å². The highest BCUT2D eigenvalue weighted by Gasteiger charge is 2.36. The zero-order valence-corrected chi connectivity index (χ0v) is 11.3. The van der Waals surface area contributed by atoms with Crippen molar-refractivity contribution >= 4 is 27.5 Å². The lowest BCUT2D eigenvalue weighted by Gasteiger charge is -2.18. The molecule has 0 radical (unpaired) electrons. The van der Waals surface area contributed by atoms with Crippen molar-refractivity contribution < 1.29 is 22.4 Å². The largest absolute Gasteiger partial charge is 0.419 e. The quantitative estimate of drug-likeness (QED) is 0.595. The molecule has 0 N–H and O–H groups in total. The van der Waals surface area contributed by atoms with Gasteiger partial charge >= 0.3 is 6.18 Å². The lowest BCUT2D eigenvalue weighted by atomic mass is 10.1. The maximum absolute atomic E-state index is 13.2. The summed E-state index contributed by atoms with van der Waals surface area (Å²) < 4.78 is 51.0. The number of nitrogens with zero attached hydrogens (tertiary/aromatic N) is 1. The second kappa shape index (κ2) is 5.11. The Morgan fingerprint density at radius 3 is 2.58 bits per heavy atom. The number of hydrogen-bond donors (Lipinski definition) is 0. The molecular formula is C12H10BrF4NO. The monoisotopic (exact) mass is 339 g/mol. The molecule has 1 aliphatic rings. The average Bonchev–Trinajstić information content (AvgIpc) is 2.70.